The number of hydrogen-bond donors (Lipinski definition) is 1. The number of rotatable bonds is 1. The highest BCUT2D eigenvalue weighted by atomic mass is 32.2. The molecule has 1 aliphatic carbocycles. The summed E-state index contributed by atoms with van der Waals surface area (Å²) in [7, 11) is -3.88. The van der Waals surface area contributed by atoms with Crippen LogP contribution in [-0.4, -0.2) is 63.1 Å². The van der Waals surface area contributed by atoms with Crippen molar-refractivity contribution < 1.29 is 13.2 Å². The second kappa shape index (κ2) is 13.8. The van der Waals surface area contributed by atoms with E-state index in [0.29, 0.717) is 41.9 Å². The van der Waals surface area contributed by atoms with Gasteiger partial charge in [0.25, 0.3) is 15.9 Å². The molecule has 42 heavy (non-hydrogen) atoms. The van der Waals surface area contributed by atoms with Crippen LogP contribution in [-0.2, 0) is 10.0 Å². The summed E-state index contributed by atoms with van der Waals surface area (Å²) in [6, 6.07) is 12.1. The Balaban J connectivity index is 1.51. The van der Waals surface area contributed by atoms with Gasteiger partial charge in [-0.15, -0.1) is 0 Å². The Morgan fingerprint density at radius 1 is 0.905 bits per heavy atom. The predicted octanol–water partition coefficient (Wildman–Crippen LogP) is 6.93. The predicted molar refractivity (Wildman–Crippen MR) is 171 cm³/mol. The van der Waals surface area contributed by atoms with Crippen LogP contribution in [0, 0.1) is 5.92 Å². The van der Waals surface area contributed by atoms with Gasteiger partial charge >= 0.3 is 0 Å². The van der Waals surface area contributed by atoms with Crippen LogP contribution in [0.15, 0.2) is 76.2 Å². The number of hydrogen-bond acceptors (Lipinski definition) is 5. The van der Waals surface area contributed by atoms with E-state index in [4.69, 9.17) is 0 Å². The number of piperazine rings is 1. The fraction of sp³-hybridized carbons (Fsp3) is 0.471. The lowest BCUT2D eigenvalue weighted by atomic mass is 9.88. The number of allylic oxidation sites excluding steroid dienone is 2. The molecule has 7 rings (SSSR count). The van der Waals surface area contributed by atoms with Crippen LogP contribution in [0.3, 0.4) is 0 Å². The zero-order valence-electron chi connectivity index (χ0n) is 25.0. The summed E-state index contributed by atoms with van der Waals surface area (Å²) in [5.74, 6) is 0.823. The van der Waals surface area contributed by atoms with Crippen molar-refractivity contribution in [1.82, 2.24) is 9.80 Å². The molecule has 2 aromatic carbocycles. The molecule has 4 heterocycles. The number of carbonyl (C=O) groups is 1. The van der Waals surface area contributed by atoms with Gasteiger partial charge in [-0.25, -0.2) is 8.42 Å². The first-order valence-corrected chi connectivity index (χ1v) is 17.0. The molecule has 8 bridgehead atoms. The molecule has 1 N–H and O–H groups in total. The standard InChI is InChI=1S/C34H44N4O3S/c1-3-26-15-16-27-9-5-6-11-28(12-7-10-27)31-13-8-14-32(33(31)35-4-2)36-42(40,41)30-19-17-29(18-20-30)34(39)38-23-21-37(25-26)22-24-38/h3-4,8,13-20,27-28,36H,5-7,9-12,21-25H2,1-2H3/b16-15-,26-3+,35-4?. The molecular formula is C34H44N4O3S. The van der Waals surface area contributed by atoms with E-state index in [1.54, 1.807) is 24.4 Å². The van der Waals surface area contributed by atoms with Gasteiger partial charge in [0, 0.05) is 44.5 Å². The SMILES string of the molecule is CC=Nc1c2cccc1C1CCCCC(/C=C\C(=C/C)CN3CCN(CC3)C(=O)c3ccc(cc3)S(=O)(=O)N2)CCC1. The molecule has 1 saturated heterocycles. The second-order valence-corrected chi connectivity index (χ2v) is 13.4. The maximum atomic E-state index is 13.5. The normalized spacial score (nSPS) is 25.8. The van der Waals surface area contributed by atoms with E-state index < -0.39 is 10.0 Å². The van der Waals surface area contributed by atoms with Gasteiger partial charge in [-0.05, 0) is 92.8 Å². The lowest BCUT2D eigenvalue weighted by molar-refractivity contribution is 0.0648. The minimum atomic E-state index is -3.88. The van der Waals surface area contributed by atoms with E-state index >= 15 is 0 Å². The number of benzene rings is 2. The monoisotopic (exact) mass is 588 g/mol. The summed E-state index contributed by atoms with van der Waals surface area (Å²) in [6.07, 6.45) is 16.6. The van der Waals surface area contributed by atoms with E-state index in [-0.39, 0.29) is 10.8 Å². The van der Waals surface area contributed by atoms with Crippen molar-refractivity contribution in [2.45, 2.75) is 69.6 Å². The molecule has 1 saturated carbocycles. The molecule has 8 heteroatoms. The summed E-state index contributed by atoms with van der Waals surface area (Å²) < 4.78 is 29.8. The third kappa shape index (κ3) is 7.21. The van der Waals surface area contributed by atoms with Crippen molar-refractivity contribution in [2.75, 3.05) is 37.4 Å². The molecule has 0 aromatic heterocycles. The van der Waals surface area contributed by atoms with Crippen molar-refractivity contribution >= 4 is 33.5 Å². The zero-order chi connectivity index (χ0) is 29.5. The van der Waals surface area contributed by atoms with E-state index in [0.717, 1.165) is 57.3 Å². The maximum absolute atomic E-state index is 13.5. The zero-order valence-corrected chi connectivity index (χ0v) is 25.8. The van der Waals surface area contributed by atoms with Crippen LogP contribution in [0.2, 0.25) is 0 Å². The fourth-order valence-corrected chi connectivity index (χ4v) is 7.56. The van der Waals surface area contributed by atoms with E-state index in [1.165, 1.54) is 30.5 Å². The van der Waals surface area contributed by atoms with Gasteiger partial charge in [0.2, 0.25) is 0 Å². The molecular weight excluding hydrogens is 544 g/mol. The summed E-state index contributed by atoms with van der Waals surface area (Å²) in [5, 5.41) is 0. The van der Waals surface area contributed by atoms with Gasteiger partial charge < -0.3 is 4.90 Å². The van der Waals surface area contributed by atoms with Crippen molar-refractivity contribution in [3.8, 4) is 0 Å². The summed E-state index contributed by atoms with van der Waals surface area (Å²) >= 11 is 0. The van der Waals surface area contributed by atoms with Gasteiger partial charge in [-0.1, -0.05) is 49.6 Å². The maximum Gasteiger partial charge on any atom is 0.261 e. The molecule has 0 radical (unpaired) electrons. The number of sulfonamides is 1. The van der Waals surface area contributed by atoms with Crippen LogP contribution >= 0.6 is 0 Å². The van der Waals surface area contributed by atoms with Gasteiger partial charge in [0.1, 0.15) is 0 Å². The smallest absolute Gasteiger partial charge is 0.261 e. The molecule has 2 atom stereocenters. The third-order valence-corrected chi connectivity index (χ3v) is 10.3. The first-order chi connectivity index (χ1) is 20.4. The van der Waals surface area contributed by atoms with Gasteiger partial charge in [0.15, 0.2) is 0 Å². The van der Waals surface area contributed by atoms with Crippen molar-refractivity contribution in [2.24, 2.45) is 10.9 Å². The molecule has 2 unspecified atom stereocenters. The lowest BCUT2D eigenvalue weighted by Gasteiger charge is -2.35. The number of nitrogens with one attached hydrogen (secondary N) is 1. The Kier molecular flexibility index (Phi) is 9.95. The Morgan fingerprint density at radius 2 is 1.62 bits per heavy atom. The molecule has 2 fully saturated rings. The van der Waals surface area contributed by atoms with E-state index in [9.17, 15) is 13.2 Å². The van der Waals surface area contributed by atoms with Gasteiger partial charge in [-0.3, -0.25) is 19.4 Å². The topological polar surface area (TPSA) is 82.1 Å². The number of amides is 1. The summed E-state index contributed by atoms with van der Waals surface area (Å²) in [6.45, 7) is 7.81. The Hall–Kier alpha value is -3.23. The molecule has 2 aromatic rings. The number of carbonyl (C=O) groups excluding carboxylic acids is 1. The van der Waals surface area contributed by atoms with Gasteiger partial charge in [-0.2, -0.15) is 0 Å². The number of fused-ring (bicyclic) bond motifs is 2. The Bertz CT molecular complexity index is 1440. The summed E-state index contributed by atoms with van der Waals surface area (Å²) in [5.41, 5.74) is 4.12. The molecule has 5 aliphatic rings. The molecule has 1 amide bonds. The molecule has 224 valence electrons. The van der Waals surface area contributed by atoms with Crippen LogP contribution < -0.4 is 4.72 Å². The highest BCUT2D eigenvalue weighted by Crippen LogP contribution is 2.41. The quantitative estimate of drug-likeness (QED) is 0.367. The average Bonchev–Trinajstić information content (AvgIpc) is 3.12. The van der Waals surface area contributed by atoms with Crippen LogP contribution in [0.1, 0.15) is 80.6 Å². The molecule has 4 aliphatic heterocycles. The number of para-hydroxylation sites is 1. The summed E-state index contributed by atoms with van der Waals surface area (Å²) in [4.78, 5) is 22.3. The van der Waals surface area contributed by atoms with Gasteiger partial charge in [0.05, 0.1) is 16.3 Å². The van der Waals surface area contributed by atoms with Crippen LogP contribution in [0.25, 0.3) is 0 Å². The Labute approximate surface area is 251 Å². The van der Waals surface area contributed by atoms with Crippen molar-refractivity contribution in [1.29, 1.82) is 0 Å². The van der Waals surface area contributed by atoms with Crippen molar-refractivity contribution in [3.63, 3.8) is 0 Å². The second-order valence-electron chi connectivity index (χ2n) is 11.7. The average molecular weight is 589 g/mol. The largest absolute Gasteiger partial charge is 0.336 e. The van der Waals surface area contributed by atoms with E-state index in [2.05, 4.69) is 45.8 Å². The number of anilines is 1. The fourth-order valence-electron chi connectivity index (χ4n) is 6.49. The molecule has 0 spiro atoms. The minimum Gasteiger partial charge on any atom is -0.336 e. The first-order valence-electron chi connectivity index (χ1n) is 15.5. The van der Waals surface area contributed by atoms with Crippen LogP contribution in [0.5, 0.6) is 0 Å². The highest BCUT2D eigenvalue weighted by Gasteiger charge is 2.25. The first kappa shape index (κ1) is 30.2. The van der Waals surface area contributed by atoms with E-state index in [1.807, 2.05) is 17.9 Å². The van der Waals surface area contributed by atoms with Crippen molar-refractivity contribution in [3.05, 3.63) is 77.4 Å². The highest BCUT2D eigenvalue weighted by molar-refractivity contribution is 7.92. The lowest BCUT2D eigenvalue weighted by Crippen LogP contribution is -2.49. The van der Waals surface area contributed by atoms with Crippen LogP contribution in [0.4, 0.5) is 11.4 Å². The third-order valence-electron chi connectivity index (χ3n) is 8.95. The Morgan fingerprint density at radius 3 is 2.36 bits per heavy atom. The number of aliphatic imine (C=N–C) groups is 1. The number of nitrogens with zero attached hydrogens (tertiary/aromatic N) is 3. The minimum absolute atomic E-state index is 0.0632. The molecule has 7 nitrogen and oxygen atoms in total.